The van der Waals surface area contributed by atoms with Crippen LogP contribution in [0.4, 0.5) is 5.69 Å². The second-order valence-corrected chi connectivity index (χ2v) is 6.65. The van der Waals surface area contributed by atoms with Crippen molar-refractivity contribution in [1.82, 2.24) is 9.55 Å². The molecule has 140 valence electrons. The molecule has 0 unspecified atom stereocenters. The number of fused-ring (bicyclic) bond motifs is 1. The van der Waals surface area contributed by atoms with E-state index in [0.29, 0.717) is 12.2 Å². The van der Waals surface area contributed by atoms with Gasteiger partial charge in [0.25, 0.3) is 5.91 Å². The number of imidazole rings is 1. The lowest BCUT2D eigenvalue weighted by molar-refractivity contribution is 0.102. The van der Waals surface area contributed by atoms with E-state index >= 15 is 0 Å². The minimum Gasteiger partial charge on any atom is -0.380 e. The SMILES string of the molecule is COCc1ccc(C(=O)Nc2cccc(-c3nc4ccccc4n3C)c2)cc1. The highest BCUT2D eigenvalue weighted by Crippen LogP contribution is 2.25. The van der Waals surface area contributed by atoms with Gasteiger partial charge in [-0.3, -0.25) is 4.79 Å². The largest absolute Gasteiger partial charge is 0.380 e. The number of anilines is 1. The number of aryl methyl sites for hydroxylation is 1. The van der Waals surface area contributed by atoms with Crippen LogP contribution in [0, 0.1) is 0 Å². The average molecular weight is 371 g/mol. The first-order chi connectivity index (χ1) is 13.7. The third kappa shape index (κ3) is 3.52. The molecule has 1 heterocycles. The van der Waals surface area contributed by atoms with Crippen LogP contribution in [0.25, 0.3) is 22.4 Å². The third-order valence-electron chi connectivity index (χ3n) is 4.69. The number of carbonyl (C=O) groups excluding carboxylic acids is 1. The highest BCUT2D eigenvalue weighted by molar-refractivity contribution is 6.04. The second kappa shape index (κ2) is 7.66. The molecule has 4 aromatic rings. The van der Waals surface area contributed by atoms with Crippen LogP contribution in [0.15, 0.2) is 72.8 Å². The molecule has 0 fully saturated rings. The molecule has 28 heavy (non-hydrogen) atoms. The Morgan fingerprint density at radius 2 is 1.82 bits per heavy atom. The van der Waals surface area contributed by atoms with Gasteiger partial charge in [0.2, 0.25) is 0 Å². The Balaban J connectivity index is 1.58. The normalized spacial score (nSPS) is 10.9. The van der Waals surface area contributed by atoms with Crippen LogP contribution in [-0.4, -0.2) is 22.6 Å². The van der Waals surface area contributed by atoms with Crippen molar-refractivity contribution < 1.29 is 9.53 Å². The molecule has 1 aromatic heterocycles. The zero-order chi connectivity index (χ0) is 19.5. The van der Waals surface area contributed by atoms with Gasteiger partial charge in [-0.15, -0.1) is 0 Å². The smallest absolute Gasteiger partial charge is 0.255 e. The van der Waals surface area contributed by atoms with Gasteiger partial charge in [0.1, 0.15) is 5.82 Å². The first-order valence-electron chi connectivity index (χ1n) is 9.07. The maximum Gasteiger partial charge on any atom is 0.255 e. The van der Waals surface area contributed by atoms with Crippen molar-refractivity contribution in [1.29, 1.82) is 0 Å². The predicted molar refractivity (Wildman–Crippen MR) is 111 cm³/mol. The lowest BCUT2D eigenvalue weighted by atomic mass is 10.1. The van der Waals surface area contributed by atoms with E-state index in [-0.39, 0.29) is 5.91 Å². The highest BCUT2D eigenvalue weighted by Gasteiger charge is 2.11. The summed E-state index contributed by atoms with van der Waals surface area (Å²) >= 11 is 0. The van der Waals surface area contributed by atoms with Crippen LogP contribution in [0.1, 0.15) is 15.9 Å². The molecule has 0 saturated carbocycles. The van der Waals surface area contributed by atoms with Crippen molar-refractivity contribution in [2.45, 2.75) is 6.61 Å². The molecular formula is C23H21N3O2. The summed E-state index contributed by atoms with van der Waals surface area (Å²) in [7, 11) is 3.65. The zero-order valence-corrected chi connectivity index (χ0v) is 15.8. The van der Waals surface area contributed by atoms with Crippen molar-refractivity contribution in [3.63, 3.8) is 0 Å². The molecular weight excluding hydrogens is 350 g/mol. The number of carbonyl (C=O) groups is 1. The summed E-state index contributed by atoms with van der Waals surface area (Å²) < 4.78 is 7.16. The van der Waals surface area contributed by atoms with Gasteiger partial charge < -0.3 is 14.6 Å². The van der Waals surface area contributed by atoms with Crippen LogP contribution in [0.5, 0.6) is 0 Å². The number of methoxy groups -OCH3 is 1. The van der Waals surface area contributed by atoms with Gasteiger partial charge in [-0.2, -0.15) is 0 Å². The van der Waals surface area contributed by atoms with Crippen LogP contribution < -0.4 is 5.32 Å². The Morgan fingerprint density at radius 1 is 1.04 bits per heavy atom. The van der Waals surface area contributed by atoms with Crippen molar-refractivity contribution in [2.75, 3.05) is 12.4 Å². The fraction of sp³-hybridized carbons (Fsp3) is 0.130. The standard InChI is InChI=1S/C23H21N3O2/c1-26-21-9-4-3-8-20(21)25-22(26)18-6-5-7-19(14-18)24-23(27)17-12-10-16(11-13-17)15-28-2/h3-14H,15H2,1-2H3,(H,24,27). The Kier molecular flexibility index (Phi) is 4.91. The number of nitrogens with one attached hydrogen (secondary N) is 1. The predicted octanol–water partition coefficient (Wildman–Crippen LogP) is 4.64. The molecule has 0 aliphatic heterocycles. The van der Waals surface area contributed by atoms with E-state index in [0.717, 1.165) is 33.7 Å². The van der Waals surface area contributed by atoms with E-state index in [1.165, 1.54) is 0 Å². The minimum atomic E-state index is -0.147. The minimum absolute atomic E-state index is 0.147. The first kappa shape index (κ1) is 17.9. The summed E-state index contributed by atoms with van der Waals surface area (Å²) in [5.74, 6) is 0.715. The summed E-state index contributed by atoms with van der Waals surface area (Å²) in [4.78, 5) is 17.3. The Bertz CT molecular complexity index is 1130. The molecule has 0 atom stereocenters. The zero-order valence-electron chi connectivity index (χ0n) is 15.8. The molecule has 1 amide bonds. The fourth-order valence-electron chi connectivity index (χ4n) is 3.26. The molecule has 0 radical (unpaired) electrons. The number of rotatable bonds is 5. The molecule has 0 saturated heterocycles. The van der Waals surface area contributed by atoms with E-state index in [2.05, 4.69) is 9.88 Å². The summed E-state index contributed by atoms with van der Waals surface area (Å²) in [6, 6.07) is 23.2. The van der Waals surface area contributed by atoms with Crippen molar-refractivity contribution in [3.05, 3.63) is 83.9 Å². The van der Waals surface area contributed by atoms with Gasteiger partial charge >= 0.3 is 0 Å². The molecule has 1 N–H and O–H groups in total. The maximum absolute atomic E-state index is 12.6. The van der Waals surface area contributed by atoms with Crippen molar-refractivity contribution >= 4 is 22.6 Å². The number of nitrogens with zero attached hydrogens (tertiary/aromatic N) is 2. The van der Waals surface area contributed by atoms with E-state index in [1.807, 2.05) is 67.7 Å². The Labute approximate surface area is 163 Å². The topological polar surface area (TPSA) is 56.1 Å². The van der Waals surface area contributed by atoms with E-state index < -0.39 is 0 Å². The van der Waals surface area contributed by atoms with Crippen LogP contribution in [0.3, 0.4) is 0 Å². The summed E-state index contributed by atoms with van der Waals surface area (Å²) in [6.07, 6.45) is 0. The summed E-state index contributed by atoms with van der Waals surface area (Å²) in [6.45, 7) is 0.530. The number of hydrogen-bond donors (Lipinski definition) is 1. The third-order valence-corrected chi connectivity index (χ3v) is 4.69. The number of ether oxygens (including phenoxy) is 1. The number of hydrogen-bond acceptors (Lipinski definition) is 3. The number of para-hydroxylation sites is 2. The molecule has 0 aliphatic rings. The van der Waals surface area contributed by atoms with E-state index in [1.54, 1.807) is 19.2 Å². The van der Waals surface area contributed by atoms with Crippen LogP contribution >= 0.6 is 0 Å². The quantitative estimate of drug-likeness (QED) is 0.556. The lowest BCUT2D eigenvalue weighted by Gasteiger charge is -2.08. The fourth-order valence-corrected chi connectivity index (χ4v) is 3.26. The molecule has 0 aliphatic carbocycles. The Morgan fingerprint density at radius 3 is 2.57 bits per heavy atom. The maximum atomic E-state index is 12.6. The first-order valence-corrected chi connectivity index (χ1v) is 9.07. The molecule has 5 nitrogen and oxygen atoms in total. The van der Waals surface area contributed by atoms with Gasteiger partial charge in [-0.05, 0) is 42.0 Å². The molecule has 0 spiro atoms. The second-order valence-electron chi connectivity index (χ2n) is 6.65. The number of benzene rings is 3. The van der Waals surface area contributed by atoms with Crippen molar-refractivity contribution in [2.24, 2.45) is 7.05 Å². The lowest BCUT2D eigenvalue weighted by Crippen LogP contribution is -2.12. The average Bonchev–Trinajstić information content (AvgIpc) is 3.06. The van der Waals surface area contributed by atoms with Gasteiger partial charge in [-0.25, -0.2) is 4.98 Å². The van der Waals surface area contributed by atoms with Crippen LogP contribution in [-0.2, 0) is 18.4 Å². The molecule has 0 bridgehead atoms. The van der Waals surface area contributed by atoms with Gasteiger partial charge in [-0.1, -0.05) is 36.4 Å². The monoisotopic (exact) mass is 371 g/mol. The number of amides is 1. The van der Waals surface area contributed by atoms with Gasteiger partial charge in [0.15, 0.2) is 0 Å². The molecule has 4 rings (SSSR count). The summed E-state index contributed by atoms with van der Waals surface area (Å²) in [5.41, 5.74) is 5.34. The van der Waals surface area contributed by atoms with E-state index in [4.69, 9.17) is 9.72 Å². The highest BCUT2D eigenvalue weighted by atomic mass is 16.5. The molecule has 5 heteroatoms. The van der Waals surface area contributed by atoms with E-state index in [9.17, 15) is 4.79 Å². The molecule has 3 aromatic carbocycles. The number of aromatic nitrogens is 2. The Hall–Kier alpha value is -3.44. The van der Waals surface area contributed by atoms with Crippen molar-refractivity contribution in [3.8, 4) is 11.4 Å². The van der Waals surface area contributed by atoms with Crippen LogP contribution in [0.2, 0.25) is 0 Å². The van der Waals surface area contributed by atoms with Gasteiger partial charge in [0, 0.05) is 31.0 Å². The summed E-state index contributed by atoms with van der Waals surface area (Å²) in [5, 5.41) is 2.97. The van der Waals surface area contributed by atoms with Gasteiger partial charge in [0.05, 0.1) is 17.6 Å².